The highest BCUT2D eigenvalue weighted by molar-refractivity contribution is 5.83. The average Bonchev–Trinajstić information content (AvgIpc) is 4.04. The van der Waals surface area contributed by atoms with Gasteiger partial charge in [0.1, 0.15) is 85.3 Å². The number of aryl methyl sites for hydroxylation is 2. The number of fused-ring (bicyclic) bond motifs is 1. The molecule has 29 nitrogen and oxygen atoms in total. The van der Waals surface area contributed by atoms with Crippen molar-refractivity contribution >= 4 is 16.7 Å². The molecular formula is C53H82N16O13. The molecule has 4 aliphatic heterocycles. The number of rotatable bonds is 23. The van der Waals surface area contributed by atoms with Crippen LogP contribution in [-0.4, -0.2) is 245 Å². The van der Waals surface area contributed by atoms with Crippen LogP contribution >= 0.6 is 0 Å². The number of unbranched alkanes of at least 4 members (excludes halogenated alkanes) is 3. The number of aromatic nitrogens is 8. The third-order valence-electron chi connectivity index (χ3n) is 16.4. The Hall–Kier alpha value is -4.97. The summed E-state index contributed by atoms with van der Waals surface area (Å²) in [7, 11) is 2.16. The van der Waals surface area contributed by atoms with Gasteiger partial charge >= 0.3 is 0 Å². The number of benzene rings is 2. The third kappa shape index (κ3) is 13.7. The number of piperazine rings is 1. The summed E-state index contributed by atoms with van der Waals surface area (Å²) in [4.78, 5) is 13.1. The number of nitrogens with zero attached hydrogens (tertiary/aromatic N) is 9. The Bertz CT molecular complexity index is 2790. The molecule has 2 aromatic carbocycles. The van der Waals surface area contributed by atoms with Crippen LogP contribution in [0.2, 0.25) is 0 Å². The minimum absolute atomic E-state index is 0.0252. The topological polar surface area (TPSA) is 439 Å². The Kier molecular flexibility index (Phi) is 19.8. The zero-order chi connectivity index (χ0) is 57.8. The fourth-order valence-electron chi connectivity index (χ4n) is 11.4. The van der Waals surface area contributed by atoms with Crippen molar-refractivity contribution in [2.24, 2.45) is 34.4 Å². The van der Waals surface area contributed by atoms with Crippen molar-refractivity contribution in [1.82, 2.24) is 44.9 Å². The van der Waals surface area contributed by atoms with Crippen LogP contribution in [0.4, 0.5) is 5.69 Å². The van der Waals surface area contributed by atoms with Gasteiger partial charge in [-0.1, -0.05) is 23.3 Å². The van der Waals surface area contributed by atoms with E-state index in [1.54, 1.807) is 10.9 Å². The lowest BCUT2D eigenvalue weighted by Gasteiger charge is -2.47. The molecule has 10 rings (SSSR count). The Morgan fingerprint density at radius 3 is 1.84 bits per heavy atom. The van der Waals surface area contributed by atoms with Crippen LogP contribution in [0.25, 0.3) is 22.4 Å². The Morgan fingerprint density at radius 2 is 1.21 bits per heavy atom. The Labute approximate surface area is 474 Å². The summed E-state index contributed by atoms with van der Waals surface area (Å²) in [5, 5.41) is 83.2. The molecule has 3 aromatic heterocycles. The van der Waals surface area contributed by atoms with E-state index in [1.807, 2.05) is 30.5 Å². The number of hydrogen-bond donors (Lipinski definition) is 13. The number of likely N-dealkylation sites (N-methyl/N-ethyl adjacent to an activating group) is 1. The van der Waals surface area contributed by atoms with Crippen molar-refractivity contribution in [2.45, 2.75) is 174 Å². The van der Waals surface area contributed by atoms with Gasteiger partial charge < -0.3 is 113 Å². The fourth-order valence-corrected chi connectivity index (χ4v) is 11.4. The number of anilines is 1. The van der Waals surface area contributed by atoms with Crippen molar-refractivity contribution in [3.05, 3.63) is 66.2 Å². The average molecular weight is 1150 g/mol. The highest BCUT2D eigenvalue weighted by atomic mass is 16.8. The van der Waals surface area contributed by atoms with E-state index in [-0.39, 0.29) is 26.1 Å². The van der Waals surface area contributed by atoms with Crippen molar-refractivity contribution in [2.75, 3.05) is 57.8 Å². The molecule has 5 aromatic rings. The normalized spacial score (nSPS) is 34.7. The molecule has 82 heavy (non-hydrogen) atoms. The highest BCUT2D eigenvalue weighted by Gasteiger charge is 2.54. The molecule has 0 amide bonds. The molecule has 19 N–H and O–H groups in total. The van der Waals surface area contributed by atoms with Crippen LogP contribution in [0.3, 0.4) is 0 Å². The zero-order valence-corrected chi connectivity index (χ0v) is 46.0. The largest absolute Gasteiger partial charge is 0.492 e. The molecule has 7 unspecified atom stereocenters. The quantitative estimate of drug-likeness (QED) is 0.0275. The molecule has 1 saturated carbocycles. The molecule has 5 fully saturated rings. The van der Waals surface area contributed by atoms with Crippen LogP contribution in [0.15, 0.2) is 54.9 Å². The molecule has 0 bridgehead atoms. The van der Waals surface area contributed by atoms with E-state index in [1.165, 1.54) is 10.4 Å². The van der Waals surface area contributed by atoms with Gasteiger partial charge in [0.2, 0.25) is 0 Å². The van der Waals surface area contributed by atoms with Crippen molar-refractivity contribution in [1.29, 1.82) is 0 Å². The first-order chi connectivity index (χ1) is 39.5. The van der Waals surface area contributed by atoms with Gasteiger partial charge in [0.15, 0.2) is 18.9 Å². The highest BCUT2D eigenvalue weighted by Crippen LogP contribution is 2.35. The van der Waals surface area contributed by atoms with Crippen LogP contribution in [0, 0.1) is 0 Å². The molecule has 4 saturated heterocycles. The van der Waals surface area contributed by atoms with Crippen LogP contribution in [-0.2, 0) is 54.4 Å². The number of hydrogen-bond acceptors (Lipinski definition) is 26. The predicted molar refractivity (Wildman–Crippen MR) is 294 cm³/mol. The summed E-state index contributed by atoms with van der Waals surface area (Å²) in [6.45, 7) is 4.73. The van der Waals surface area contributed by atoms with Gasteiger partial charge in [-0.25, -0.2) is 14.3 Å². The summed E-state index contributed by atoms with van der Waals surface area (Å²) in [6, 6.07) is 10.0. The second-order valence-electron chi connectivity index (χ2n) is 22.3. The van der Waals surface area contributed by atoms with Crippen LogP contribution < -0.4 is 44.0 Å². The summed E-state index contributed by atoms with van der Waals surface area (Å²) in [5.41, 5.74) is 42.7. The molecule has 0 radical (unpaired) electrons. The first kappa shape index (κ1) is 60.2. The lowest BCUT2D eigenvalue weighted by atomic mass is 9.84. The second kappa shape index (κ2) is 26.9. The Morgan fingerprint density at radius 1 is 0.622 bits per heavy atom. The summed E-state index contributed by atoms with van der Waals surface area (Å²) in [6.07, 6.45) is -11.1. The van der Waals surface area contributed by atoms with Crippen molar-refractivity contribution < 1.29 is 63.8 Å². The molecule has 452 valence electrons. The molecular weight excluding hydrogens is 1070 g/mol. The number of aliphatic hydroxyl groups is 6. The Balaban J connectivity index is 0.688. The predicted octanol–water partition coefficient (Wildman–Crippen LogP) is -4.28. The standard InChI is InChI=1S/C53H82N16O13/c1-66-14-16-67(17-15-66)30-10-13-34-35(20-30)61-50(60-34)27-8-11-31(12-9-27)76-19-18-68-24-28(62-64-68)6-4-2-3-5-7-29-25-69(65-63-29)26-38-48(81-52-40(59)45(74)43(72)37(23-55)78-52)46(75)53(79-38)82-49-41(70)32(56)21-33(57)47(49)80-51-39(58)44(73)42(71)36(22-54)77-51/h8-13,20,24-25,32-33,36-49,51-53,70-75H,2-7,14-19,21-23,26,54-59H2,1H3,(H,60,61)/t32-,33?,36?,37+,38-,39?,40?,41?,42-,43-,44-,45?,46+,47-,48+,49-,51-,52-,53?/m1/s1. The van der Waals surface area contributed by atoms with Crippen molar-refractivity contribution in [3.8, 4) is 17.1 Å². The number of H-pyrrole nitrogens is 1. The fraction of sp³-hybridized carbons (Fsp3) is 0.679. The smallest absolute Gasteiger partial charge is 0.187 e. The van der Waals surface area contributed by atoms with Gasteiger partial charge in [-0.15, -0.1) is 10.2 Å². The summed E-state index contributed by atoms with van der Waals surface area (Å²) >= 11 is 0. The molecule has 19 atom stereocenters. The number of nitrogens with two attached hydrogens (primary N) is 6. The van der Waals surface area contributed by atoms with Gasteiger partial charge in [0, 0.05) is 75.0 Å². The molecule has 7 heterocycles. The first-order valence-electron chi connectivity index (χ1n) is 28.4. The van der Waals surface area contributed by atoms with Crippen molar-refractivity contribution in [3.63, 3.8) is 0 Å². The number of ether oxygens (including phenoxy) is 7. The molecule has 0 spiro atoms. The van der Waals surface area contributed by atoms with Crippen LogP contribution in [0.5, 0.6) is 5.75 Å². The van der Waals surface area contributed by atoms with Gasteiger partial charge in [0.05, 0.1) is 53.7 Å². The maximum atomic E-state index is 11.9. The number of imidazole rings is 1. The summed E-state index contributed by atoms with van der Waals surface area (Å²) in [5.74, 6) is 1.57. The first-order valence-corrected chi connectivity index (χ1v) is 28.4. The van der Waals surface area contributed by atoms with Gasteiger partial charge in [-0.05, 0) is 81.6 Å². The van der Waals surface area contributed by atoms with Crippen LogP contribution in [0.1, 0.15) is 43.5 Å². The summed E-state index contributed by atoms with van der Waals surface area (Å²) < 4.78 is 46.2. The van der Waals surface area contributed by atoms with E-state index in [9.17, 15) is 30.6 Å². The van der Waals surface area contributed by atoms with E-state index in [0.717, 1.165) is 97.8 Å². The molecule has 5 aliphatic rings. The van der Waals surface area contributed by atoms with Gasteiger partial charge in [-0.2, -0.15) is 0 Å². The minimum atomic E-state index is -1.61. The number of aliphatic hydroxyl groups excluding tert-OH is 6. The number of aromatic amines is 1. The van der Waals surface area contributed by atoms with E-state index in [4.69, 9.17) is 72.5 Å². The zero-order valence-electron chi connectivity index (χ0n) is 46.0. The third-order valence-corrected chi connectivity index (χ3v) is 16.4. The number of nitrogens with one attached hydrogen (secondary N) is 1. The maximum absolute atomic E-state index is 11.9. The lowest BCUT2D eigenvalue weighted by molar-refractivity contribution is -0.306. The monoisotopic (exact) mass is 1150 g/mol. The van der Waals surface area contributed by atoms with E-state index in [0.29, 0.717) is 19.6 Å². The minimum Gasteiger partial charge on any atom is -0.492 e. The SMILES string of the molecule is CN1CCN(c2ccc3nc(-c4ccc(OCCn5cc(CCCCCCc6cn(C[C@H]7OC(O[C@@H]8C(O)[C@H](N)CC(N)[C@H]8O[C@H]8OC(CN)[C@@H](O)[C@H](O)C8N)[C@@H](O)[C@H]7O[C@H]7O[C@@H](CN)[C@@H](O)C(O)C7N)nn6)nn5)cc4)[nH]c3c2)CC1. The lowest BCUT2D eigenvalue weighted by Crippen LogP contribution is -2.68. The molecule has 1 aliphatic carbocycles. The van der Waals surface area contributed by atoms with E-state index >= 15 is 0 Å². The maximum Gasteiger partial charge on any atom is 0.187 e. The van der Waals surface area contributed by atoms with E-state index in [2.05, 4.69) is 60.7 Å². The van der Waals surface area contributed by atoms with E-state index < -0.39 is 116 Å². The van der Waals surface area contributed by atoms with Gasteiger partial charge in [-0.3, -0.25) is 0 Å². The second-order valence-corrected chi connectivity index (χ2v) is 22.3. The van der Waals surface area contributed by atoms with Gasteiger partial charge in [0.25, 0.3) is 0 Å². The molecule has 29 heteroatoms.